The number of aromatic nitrogens is 2. The van der Waals surface area contributed by atoms with Crippen molar-refractivity contribution in [3.8, 4) is 11.3 Å². The molecule has 0 aliphatic rings. The van der Waals surface area contributed by atoms with E-state index in [4.69, 9.17) is 0 Å². The largest absolute Gasteiger partial charge is 0.325 e. The van der Waals surface area contributed by atoms with Crippen molar-refractivity contribution in [1.82, 2.24) is 14.7 Å². The van der Waals surface area contributed by atoms with Crippen LogP contribution in [0.15, 0.2) is 36.4 Å². The van der Waals surface area contributed by atoms with Gasteiger partial charge in [0.2, 0.25) is 0 Å². The van der Waals surface area contributed by atoms with Crippen molar-refractivity contribution in [2.75, 3.05) is 18.4 Å². The fourth-order valence-electron chi connectivity index (χ4n) is 2.11. The van der Waals surface area contributed by atoms with Gasteiger partial charge >= 0.3 is 6.03 Å². The number of hydrogen-bond acceptors (Lipinski definition) is 2. The number of carbonyl (C=O) groups is 1. The van der Waals surface area contributed by atoms with E-state index < -0.39 is 0 Å². The maximum absolute atomic E-state index is 12.0. The first-order valence-corrected chi connectivity index (χ1v) is 6.81. The third-order valence-corrected chi connectivity index (χ3v) is 3.24. The molecule has 2 rings (SSSR count). The van der Waals surface area contributed by atoms with E-state index in [1.54, 1.807) is 9.58 Å². The monoisotopic (exact) mass is 272 g/mol. The SMILES string of the molecule is CCN(CC)C(=O)Nc1cc(-c2ccccc2)n(C)n1. The average Bonchev–Trinajstić information content (AvgIpc) is 2.82. The van der Waals surface area contributed by atoms with E-state index in [0.717, 1.165) is 11.3 Å². The lowest BCUT2D eigenvalue weighted by Gasteiger charge is -2.17. The van der Waals surface area contributed by atoms with Gasteiger partial charge in [-0.15, -0.1) is 0 Å². The lowest BCUT2D eigenvalue weighted by Crippen LogP contribution is -2.34. The number of rotatable bonds is 4. The second-order valence-corrected chi connectivity index (χ2v) is 4.51. The molecule has 0 aliphatic carbocycles. The molecule has 2 amide bonds. The molecule has 0 atom stereocenters. The van der Waals surface area contributed by atoms with Crippen LogP contribution in [0.1, 0.15) is 13.8 Å². The van der Waals surface area contributed by atoms with Crippen molar-refractivity contribution < 1.29 is 4.79 Å². The molecule has 2 aromatic rings. The molecule has 106 valence electrons. The van der Waals surface area contributed by atoms with E-state index in [-0.39, 0.29) is 6.03 Å². The van der Waals surface area contributed by atoms with Crippen molar-refractivity contribution in [3.63, 3.8) is 0 Å². The van der Waals surface area contributed by atoms with Crippen LogP contribution in [0.5, 0.6) is 0 Å². The Morgan fingerprint density at radius 1 is 1.25 bits per heavy atom. The maximum atomic E-state index is 12.0. The summed E-state index contributed by atoms with van der Waals surface area (Å²) >= 11 is 0. The van der Waals surface area contributed by atoms with Crippen molar-refractivity contribution >= 4 is 11.8 Å². The summed E-state index contributed by atoms with van der Waals surface area (Å²) in [5.74, 6) is 0.572. The Balaban J connectivity index is 2.18. The molecule has 0 fully saturated rings. The molecular weight excluding hydrogens is 252 g/mol. The second kappa shape index (κ2) is 6.23. The first-order chi connectivity index (χ1) is 9.65. The smallest absolute Gasteiger partial charge is 0.323 e. The molecule has 20 heavy (non-hydrogen) atoms. The Labute approximate surface area is 119 Å². The molecule has 5 nitrogen and oxygen atoms in total. The number of anilines is 1. The summed E-state index contributed by atoms with van der Waals surface area (Å²) < 4.78 is 1.77. The zero-order valence-corrected chi connectivity index (χ0v) is 12.1. The zero-order valence-electron chi connectivity index (χ0n) is 12.1. The zero-order chi connectivity index (χ0) is 14.5. The summed E-state index contributed by atoms with van der Waals surface area (Å²) in [7, 11) is 1.87. The molecule has 1 heterocycles. The average molecular weight is 272 g/mol. The fourth-order valence-corrected chi connectivity index (χ4v) is 2.11. The summed E-state index contributed by atoms with van der Waals surface area (Å²) in [4.78, 5) is 13.7. The molecule has 0 spiro atoms. The topological polar surface area (TPSA) is 50.2 Å². The molecule has 1 aromatic heterocycles. The summed E-state index contributed by atoms with van der Waals surface area (Å²) in [6.45, 7) is 5.27. The van der Waals surface area contributed by atoms with E-state index in [9.17, 15) is 4.79 Å². The van der Waals surface area contributed by atoms with E-state index >= 15 is 0 Å². The van der Waals surface area contributed by atoms with Crippen LogP contribution in [0.4, 0.5) is 10.6 Å². The van der Waals surface area contributed by atoms with Crippen LogP contribution in [0.2, 0.25) is 0 Å². The van der Waals surface area contributed by atoms with Gasteiger partial charge in [0, 0.05) is 26.2 Å². The predicted molar refractivity (Wildman–Crippen MR) is 80.6 cm³/mol. The second-order valence-electron chi connectivity index (χ2n) is 4.51. The van der Waals surface area contributed by atoms with Crippen molar-refractivity contribution in [3.05, 3.63) is 36.4 Å². The first kappa shape index (κ1) is 14.1. The van der Waals surface area contributed by atoms with Crippen molar-refractivity contribution in [2.45, 2.75) is 13.8 Å². The van der Waals surface area contributed by atoms with Crippen LogP contribution >= 0.6 is 0 Å². The Morgan fingerprint density at radius 3 is 2.50 bits per heavy atom. The first-order valence-electron chi connectivity index (χ1n) is 6.81. The highest BCUT2D eigenvalue weighted by Crippen LogP contribution is 2.21. The molecule has 0 aliphatic heterocycles. The summed E-state index contributed by atoms with van der Waals surface area (Å²) in [5.41, 5.74) is 2.05. The van der Waals surface area contributed by atoms with Gasteiger partial charge in [-0.05, 0) is 19.4 Å². The van der Waals surface area contributed by atoms with Gasteiger partial charge in [-0.1, -0.05) is 30.3 Å². The number of nitrogens with one attached hydrogen (secondary N) is 1. The number of benzene rings is 1. The molecule has 0 bridgehead atoms. The Morgan fingerprint density at radius 2 is 1.90 bits per heavy atom. The van der Waals surface area contributed by atoms with E-state index in [1.165, 1.54) is 0 Å². The molecular formula is C15H20N4O. The van der Waals surface area contributed by atoms with Crippen LogP contribution in [-0.2, 0) is 7.05 Å². The molecule has 0 unspecified atom stereocenters. The van der Waals surface area contributed by atoms with Gasteiger partial charge < -0.3 is 4.90 Å². The van der Waals surface area contributed by atoms with Gasteiger partial charge in [0.1, 0.15) is 0 Å². The van der Waals surface area contributed by atoms with Crippen LogP contribution in [0.3, 0.4) is 0 Å². The van der Waals surface area contributed by atoms with E-state index in [0.29, 0.717) is 18.9 Å². The fraction of sp³-hybridized carbons (Fsp3) is 0.333. The van der Waals surface area contributed by atoms with Crippen molar-refractivity contribution in [1.29, 1.82) is 0 Å². The normalized spacial score (nSPS) is 10.3. The molecule has 0 saturated heterocycles. The maximum Gasteiger partial charge on any atom is 0.323 e. The third-order valence-electron chi connectivity index (χ3n) is 3.24. The van der Waals surface area contributed by atoms with Crippen LogP contribution < -0.4 is 5.32 Å². The Bertz CT molecular complexity index is 573. The minimum atomic E-state index is -0.118. The van der Waals surface area contributed by atoms with Gasteiger partial charge in [-0.2, -0.15) is 5.10 Å². The van der Waals surface area contributed by atoms with Crippen molar-refractivity contribution in [2.24, 2.45) is 7.05 Å². The molecule has 1 aromatic carbocycles. The van der Waals surface area contributed by atoms with E-state index in [2.05, 4.69) is 10.4 Å². The number of amides is 2. The highest BCUT2D eigenvalue weighted by atomic mass is 16.2. The van der Waals surface area contributed by atoms with Gasteiger partial charge in [0.25, 0.3) is 0 Å². The molecule has 1 N–H and O–H groups in total. The van der Waals surface area contributed by atoms with Gasteiger partial charge in [-0.3, -0.25) is 10.00 Å². The third kappa shape index (κ3) is 2.99. The number of urea groups is 1. The highest BCUT2D eigenvalue weighted by Gasteiger charge is 2.13. The number of aryl methyl sites for hydroxylation is 1. The number of carbonyl (C=O) groups excluding carboxylic acids is 1. The van der Waals surface area contributed by atoms with Crippen LogP contribution in [-0.4, -0.2) is 33.8 Å². The van der Waals surface area contributed by atoms with Gasteiger partial charge in [0.15, 0.2) is 5.82 Å². The van der Waals surface area contributed by atoms with Gasteiger partial charge in [-0.25, -0.2) is 4.79 Å². The predicted octanol–water partition coefficient (Wildman–Crippen LogP) is 2.96. The van der Waals surface area contributed by atoms with Crippen LogP contribution in [0.25, 0.3) is 11.3 Å². The minimum absolute atomic E-state index is 0.118. The lowest BCUT2D eigenvalue weighted by atomic mass is 10.1. The number of nitrogens with zero attached hydrogens (tertiary/aromatic N) is 3. The van der Waals surface area contributed by atoms with E-state index in [1.807, 2.05) is 57.3 Å². The van der Waals surface area contributed by atoms with Crippen LogP contribution in [0, 0.1) is 0 Å². The quantitative estimate of drug-likeness (QED) is 0.930. The molecule has 0 saturated carbocycles. The Hall–Kier alpha value is -2.30. The lowest BCUT2D eigenvalue weighted by molar-refractivity contribution is 0.217. The standard InChI is InChI=1S/C15H20N4O/c1-4-19(5-2)15(20)16-14-11-13(18(3)17-14)12-9-7-6-8-10-12/h6-11H,4-5H2,1-3H3,(H,16,17,20). The number of hydrogen-bond donors (Lipinski definition) is 1. The molecule has 0 radical (unpaired) electrons. The summed E-state index contributed by atoms with van der Waals surface area (Å²) in [6.07, 6.45) is 0. The minimum Gasteiger partial charge on any atom is -0.325 e. The molecule has 5 heteroatoms. The summed E-state index contributed by atoms with van der Waals surface area (Å²) in [6, 6.07) is 11.7. The Kier molecular flexibility index (Phi) is 4.40. The summed E-state index contributed by atoms with van der Waals surface area (Å²) in [5, 5.41) is 7.17. The highest BCUT2D eigenvalue weighted by molar-refractivity contribution is 5.89. The van der Waals surface area contributed by atoms with Gasteiger partial charge in [0.05, 0.1) is 5.69 Å².